The molecule has 3 rings (SSSR count). The van der Waals surface area contributed by atoms with E-state index in [0.717, 1.165) is 17.0 Å². The van der Waals surface area contributed by atoms with E-state index >= 15 is 0 Å². The second-order valence-corrected chi connectivity index (χ2v) is 6.12. The maximum atomic E-state index is 12.8. The molecule has 2 amide bonds. The van der Waals surface area contributed by atoms with Crippen molar-refractivity contribution in [2.45, 2.75) is 13.8 Å². The smallest absolute Gasteiger partial charge is 0.409 e. The van der Waals surface area contributed by atoms with Crippen molar-refractivity contribution >= 4 is 12.0 Å². The van der Waals surface area contributed by atoms with Gasteiger partial charge in [0.25, 0.3) is 5.91 Å². The van der Waals surface area contributed by atoms with Gasteiger partial charge in [-0.15, -0.1) is 0 Å². The maximum Gasteiger partial charge on any atom is 0.409 e. The van der Waals surface area contributed by atoms with Crippen LogP contribution in [0.25, 0.3) is 11.3 Å². The van der Waals surface area contributed by atoms with E-state index in [1.165, 1.54) is 0 Å². The first-order valence-corrected chi connectivity index (χ1v) is 8.70. The summed E-state index contributed by atoms with van der Waals surface area (Å²) in [5.74, 6) is -0.0459. The van der Waals surface area contributed by atoms with Crippen LogP contribution < -0.4 is 0 Å². The van der Waals surface area contributed by atoms with Crippen LogP contribution in [0.3, 0.4) is 0 Å². The molecular weight excluding hydrogens is 332 g/mol. The Morgan fingerprint density at radius 1 is 1.04 bits per heavy atom. The Bertz CT molecular complexity index is 784. The average Bonchev–Trinajstić information content (AvgIpc) is 2.68. The highest BCUT2D eigenvalue weighted by atomic mass is 16.6. The summed E-state index contributed by atoms with van der Waals surface area (Å²) < 4.78 is 5.01. The summed E-state index contributed by atoms with van der Waals surface area (Å²) in [4.78, 5) is 27.9. The summed E-state index contributed by atoms with van der Waals surface area (Å²) in [6.07, 6.45) is -0.320. The molecule has 0 N–H and O–H groups in total. The van der Waals surface area contributed by atoms with Gasteiger partial charge in [0, 0.05) is 37.3 Å². The van der Waals surface area contributed by atoms with Gasteiger partial charge in [0.05, 0.1) is 18.0 Å². The number of amides is 2. The largest absolute Gasteiger partial charge is 0.450 e. The van der Waals surface area contributed by atoms with Crippen LogP contribution in [0.4, 0.5) is 4.79 Å². The third-order valence-electron chi connectivity index (χ3n) is 4.30. The van der Waals surface area contributed by atoms with Crippen LogP contribution in [0.5, 0.6) is 0 Å². The van der Waals surface area contributed by atoms with Gasteiger partial charge in [0.15, 0.2) is 0 Å². The standard InChI is InChI=1S/C19H22N4O3/c1-3-26-19(25)23-11-9-22(10-12-23)18(24)16-6-4-5-15(13-16)17-8-7-14(2)20-21-17/h4-8,13H,3,9-12H2,1-2H3. The highest BCUT2D eigenvalue weighted by molar-refractivity contribution is 5.95. The fraction of sp³-hybridized carbons (Fsp3) is 0.368. The summed E-state index contributed by atoms with van der Waals surface area (Å²) in [6.45, 7) is 5.96. The molecule has 0 aliphatic carbocycles. The van der Waals surface area contributed by atoms with Crippen molar-refractivity contribution in [3.63, 3.8) is 0 Å². The number of hydrogen-bond donors (Lipinski definition) is 0. The van der Waals surface area contributed by atoms with Crippen LogP contribution in [-0.2, 0) is 4.74 Å². The Balaban J connectivity index is 1.68. The molecule has 7 heteroatoms. The second kappa shape index (κ2) is 7.95. The Morgan fingerprint density at radius 2 is 1.77 bits per heavy atom. The minimum Gasteiger partial charge on any atom is -0.450 e. The molecule has 0 atom stereocenters. The maximum absolute atomic E-state index is 12.8. The lowest BCUT2D eigenvalue weighted by Gasteiger charge is -2.34. The first kappa shape index (κ1) is 17.8. The Morgan fingerprint density at radius 3 is 2.42 bits per heavy atom. The molecule has 0 saturated carbocycles. The molecule has 0 bridgehead atoms. The zero-order chi connectivity index (χ0) is 18.5. The number of aryl methyl sites for hydroxylation is 1. The predicted octanol–water partition coefficient (Wildman–Crippen LogP) is 2.37. The number of rotatable bonds is 3. The molecule has 1 aliphatic heterocycles. The van der Waals surface area contributed by atoms with Crippen LogP contribution >= 0.6 is 0 Å². The van der Waals surface area contributed by atoms with Crippen LogP contribution in [0.2, 0.25) is 0 Å². The van der Waals surface area contributed by atoms with Gasteiger partial charge in [-0.1, -0.05) is 12.1 Å². The number of carbonyl (C=O) groups excluding carboxylic acids is 2. The summed E-state index contributed by atoms with van der Waals surface area (Å²) in [7, 11) is 0. The van der Waals surface area contributed by atoms with Crippen molar-refractivity contribution < 1.29 is 14.3 Å². The molecule has 1 aromatic heterocycles. The number of piperazine rings is 1. The zero-order valence-corrected chi connectivity index (χ0v) is 15.0. The van der Waals surface area contributed by atoms with Gasteiger partial charge in [-0.05, 0) is 38.1 Å². The number of ether oxygens (including phenoxy) is 1. The van der Waals surface area contributed by atoms with Crippen LogP contribution in [0.15, 0.2) is 36.4 Å². The van der Waals surface area contributed by atoms with Gasteiger partial charge in [-0.3, -0.25) is 4.79 Å². The molecule has 7 nitrogen and oxygen atoms in total. The quantitative estimate of drug-likeness (QED) is 0.846. The first-order valence-electron chi connectivity index (χ1n) is 8.70. The van der Waals surface area contributed by atoms with Gasteiger partial charge in [0.2, 0.25) is 0 Å². The van der Waals surface area contributed by atoms with E-state index in [1.807, 2.05) is 37.3 Å². The van der Waals surface area contributed by atoms with Crippen molar-refractivity contribution in [1.82, 2.24) is 20.0 Å². The number of nitrogens with zero attached hydrogens (tertiary/aromatic N) is 4. The number of carbonyl (C=O) groups is 2. The van der Waals surface area contributed by atoms with E-state index in [4.69, 9.17) is 4.74 Å². The van der Waals surface area contributed by atoms with E-state index in [-0.39, 0.29) is 12.0 Å². The van der Waals surface area contributed by atoms with Gasteiger partial charge in [0.1, 0.15) is 0 Å². The highest BCUT2D eigenvalue weighted by Gasteiger charge is 2.25. The minimum atomic E-state index is -0.320. The molecule has 136 valence electrons. The lowest BCUT2D eigenvalue weighted by molar-refractivity contribution is 0.0570. The fourth-order valence-electron chi connectivity index (χ4n) is 2.85. The third kappa shape index (κ3) is 3.99. The lowest BCUT2D eigenvalue weighted by atomic mass is 10.1. The van der Waals surface area contributed by atoms with Gasteiger partial charge < -0.3 is 14.5 Å². The summed E-state index contributed by atoms with van der Waals surface area (Å²) in [6, 6.07) is 11.2. The van der Waals surface area contributed by atoms with Gasteiger partial charge >= 0.3 is 6.09 Å². The number of aromatic nitrogens is 2. The van der Waals surface area contributed by atoms with E-state index in [0.29, 0.717) is 38.3 Å². The van der Waals surface area contributed by atoms with Crippen molar-refractivity contribution in [3.05, 3.63) is 47.7 Å². The number of benzene rings is 1. The van der Waals surface area contributed by atoms with Gasteiger partial charge in [-0.25, -0.2) is 4.79 Å². The minimum absolute atomic E-state index is 0.0459. The molecule has 2 heterocycles. The SMILES string of the molecule is CCOC(=O)N1CCN(C(=O)c2cccc(-c3ccc(C)nn3)c2)CC1. The van der Waals surface area contributed by atoms with Crippen molar-refractivity contribution in [3.8, 4) is 11.3 Å². The highest BCUT2D eigenvalue weighted by Crippen LogP contribution is 2.19. The average molecular weight is 354 g/mol. The van der Waals surface area contributed by atoms with Crippen LogP contribution in [-0.4, -0.2) is 64.8 Å². The molecule has 0 unspecified atom stereocenters. The number of hydrogen-bond acceptors (Lipinski definition) is 5. The first-order chi connectivity index (χ1) is 12.6. The van der Waals surface area contributed by atoms with Gasteiger partial charge in [-0.2, -0.15) is 10.2 Å². The summed E-state index contributed by atoms with van der Waals surface area (Å²) >= 11 is 0. The lowest BCUT2D eigenvalue weighted by Crippen LogP contribution is -2.50. The van der Waals surface area contributed by atoms with E-state index < -0.39 is 0 Å². The molecule has 1 saturated heterocycles. The molecule has 1 aliphatic rings. The van der Waals surface area contributed by atoms with E-state index in [9.17, 15) is 9.59 Å². The van der Waals surface area contributed by atoms with Crippen molar-refractivity contribution in [2.24, 2.45) is 0 Å². The van der Waals surface area contributed by atoms with E-state index in [2.05, 4.69) is 10.2 Å². The normalized spacial score (nSPS) is 14.2. The molecule has 0 spiro atoms. The predicted molar refractivity (Wildman–Crippen MR) is 96.7 cm³/mol. The van der Waals surface area contributed by atoms with E-state index in [1.54, 1.807) is 22.8 Å². The molecule has 0 radical (unpaired) electrons. The molecule has 1 fully saturated rings. The molecule has 2 aromatic rings. The molecule has 26 heavy (non-hydrogen) atoms. The Labute approximate surface area is 152 Å². The second-order valence-electron chi connectivity index (χ2n) is 6.12. The molecule has 1 aromatic carbocycles. The summed E-state index contributed by atoms with van der Waals surface area (Å²) in [5.41, 5.74) is 3.04. The van der Waals surface area contributed by atoms with Crippen molar-refractivity contribution in [2.75, 3.05) is 32.8 Å². The van der Waals surface area contributed by atoms with Crippen LogP contribution in [0, 0.1) is 6.92 Å². The monoisotopic (exact) mass is 354 g/mol. The van der Waals surface area contributed by atoms with Crippen molar-refractivity contribution in [1.29, 1.82) is 0 Å². The fourth-order valence-corrected chi connectivity index (χ4v) is 2.85. The summed E-state index contributed by atoms with van der Waals surface area (Å²) in [5, 5.41) is 8.24. The third-order valence-corrected chi connectivity index (χ3v) is 4.30. The Hall–Kier alpha value is -2.96. The zero-order valence-electron chi connectivity index (χ0n) is 15.0. The van der Waals surface area contributed by atoms with Crippen LogP contribution in [0.1, 0.15) is 23.0 Å². The topological polar surface area (TPSA) is 75.6 Å². The Kier molecular flexibility index (Phi) is 5.46. The molecular formula is C19H22N4O3.